The lowest BCUT2D eigenvalue weighted by Crippen LogP contribution is -2.21. The molecule has 0 aliphatic heterocycles. The van der Waals surface area contributed by atoms with E-state index in [1.54, 1.807) is 48.5 Å². The first-order valence-electron chi connectivity index (χ1n) is 8.79. The molecule has 0 saturated carbocycles. The summed E-state index contributed by atoms with van der Waals surface area (Å²) in [6.45, 7) is -0.247. The normalized spacial score (nSPS) is 10.5. The first-order chi connectivity index (χ1) is 14.4. The third kappa shape index (κ3) is 7.17. The molecule has 2 rings (SSSR count). The van der Waals surface area contributed by atoms with Gasteiger partial charge in [0.1, 0.15) is 0 Å². The second-order valence-corrected chi connectivity index (χ2v) is 6.87. The number of methoxy groups -OCH3 is 2. The van der Waals surface area contributed by atoms with Gasteiger partial charge in [-0.2, -0.15) is 0 Å². The second-order valence-electron chi connectivity index (χ2n) is 5.85. The van der Waals surface area contributed by atoms with Crippen LogP contribution in [0.25, 0.3) is 6.08 Å². The Morgan fingerprint density at radius 2 is 1.87 bits per heavy atom. The van der Waals surface area contributed by atoms with Gasteiger partial charge in [-0.3, -0.25) is 9.59 Å². The fraction of sp³-hybridized carbons (Fsp3) is 0.190. The number of nitrogens with two attached hydrogens (primary N) is 1. The molecule has 0 aromatic heterocycles. The van der Waals surface area contributed by atoms with Crippen LogP contribution in [0, 0.1) is 0 Å². The third-order valence-electron chi connectivity index (χ3n) is 3.69. The number of esters is 1. The highest BCUT2D eigenvalue weighted by molar-refractivity contribution is 8.00. The molecule has 0 bridgehead atoms. The highest BCUT2D eigenvalue weighted by Gasteiger charge is 2.11. The number of ether oxygens (including phenoxy) is 3. The molecule has 9 heteroatoms. The summed E-state index contributed by atoms with van der Waals surface area (Å²) in [5.41, 5.74) is 6.44. The number of hydrogen-bond donors (Lipinski definition) is 2. The number of para-hydroxylation sites is 1. The van der Waals surface area contributed by atoms with Crippen LogP contribution in [0.2, 0.25) is 0 Å². The van der Waals surface area contributed by atoms with Gasteiger partial charge >= 0.3 is 5.97 Å². The van der Waals surface area contributed by atoms with Crippen LogP contribution in [-0.2, 0) is 19.1 Å². The quantitative estimate of drug-likeness (QED) is 0.338. The average Bonchev–Trinajstić information content (AvgIpc) is 2.75. The van der Waals surface area contributed by atoms with Gasteiger partial charge in [0.15, 0.2) is 18.1 Å². The summed E-state index contributed by atoms with van der Waals surface area (Å²) in [5.74, 6) is -0.399. The lowest BCUT2D eigenvalue weighted by molar-refractivity contribution is -0.134. The molecule has 0 saturated heterocycles. The summed E-state index contributed by atoms with van der Waals surface area (Å²) < 4.78 is 15.4. The zero-order valence-corrected chi connectivity index (χ0v) is 17.4. The number of nitrogens with one attached hydrogen (secondary N) is 1. The number of carbonyl (C=O) groups excluding carboxylic acids is 3. The van der Waals surface area contributed by atoms with Crippen molar-refractivity contribution in [1.82, 2.24) is 0 Å². The molecule has 0 heterocycles. The Kier molecular flexibility index (Phi) is 8.76. The van der Waals surface area contributed by atoms with E-state index >= 15 is 0 Å². The summed E-state index contributed by atoms with van der Waals surface area (Å²) in [4.78, 5) is 35.2. The van der Waals surface area contributed by atoms with E-state index in [9.17, 15) is 14.4 Å². The molecule has 2 aromatic rings. The number of anilines is 1. The topological polar surface area (TPSA) is 117 Å². The molecular formula is C21H22N2O6S. The minimum Gasteiger partial charge on any atom is -0.493 e. The lowest BCUT2D eigenvalue weighted by Gasteiger charge is -2.13. The smallest absolute Gasteiger partial charge is 0.330 e. The van der Waals surface area contributed by atoms with Gasteiger partial charge in [0.05, 0.1) is 25.7 Å². The van der Waals surface area contributed by atoms with Gasteiger partial charge < -0.3 is 25.3 Å². The number of amides is 2. The molecule has 0 fully saturated rings. The molecule has 0 aliphatic rings. The summed E-state index contributed by atoms with van der Waals surface area (Å²) >= 11 is 1.24. The van der Waals surface area contributed by atoms with Crippen molar-refractivity contribution in [3.63, 3.8) is 0 Å². The van der Waals surface area contributed by atoms with Crippen molar-refractivity contribution in [1.29, 1.82) is 0 Å². The summed E-state index contributed by atoms with van der Waals surface area (Å²) in [5, 5.41) is 2.75. The van der Waals surface area contributed by atoms with Crippen molar-refractivity contribution < 1.29 is 28.6 Å². The van der Waals surface area contributed by atoms with E-state index in [0.29, 0.717) is 22.7 Å². The van der Waals surface area contributed by atoms with Crippen LogP contribution < -0.4 is 20.5 Å². The van der Waals surface area contributed by atoms with Crippen molar-refractivity contribution in [3.05, 3.63) is 54.1 Å². The van der Waals surface area contributed by atoms with E-state index in [1.807, 2.05) is 0 Å². The molecule has 8 nitrogen and oxygen atoms in total. The van der Waals surface area contributed by atoms with E-state index in [4.69, 9.17) is 15.2 Å². The van der Waals surface area contributed by atoms with Crippen molar-refractivity contribution in [3.8, 4) is 11.5 Å². The van der Waals surface area contributed by atoms with Gasteiger partial charge in [-0.1, -0.05) is 18.2 Å². The predicted molar refractivity (Wildman–Crippen MR) is 115 cm³/mol. The maximum atomic E-state index is 12.3. The van der Waals surface area contributed by atoms with Crippen molar-refractivity contribution in [2.75, 3.05) is 31.9 Å². The zero-order valence-electron chi connectivity index (χ0n) is 16.5. The standard InChI is InChI=1S/C21H22N2O6S/c1-27-17-11-14(8-10-21(26)28-2)7-9-16(17)29-12-20(25)23-15-5-3-4-6-18(15)30-13-19(22)24/h3-11H,12-13H2,1-2H3,(H2,22,24)(H,23,25)/b10-8+. The Labute approximate surface area is 178 Å². The van der Waals surface area contributed by atoms with Gasteiger partial charge in [0.2, 0.25) is 5.91 Å². The molecule has 0 unspecified atom stereocenters. The number of thioether (sulfide) groups is 1. The van der Waals surface area contributed by atoms with Crippen LogP contribution in [0.4, 0.5) is 5.69 Å². The number of benzene rings is 2. The molecule has 158 valence electrons. The molecule has 0 spiro atoms. The number of rotatable bonds is 10. The highest BCUT2D eigenvalue weighted by atomic mass is 32.2. The van der Waals surface area contributed by atoms with E-state index < -0.39 is 11.9 Å². The zero-order chi connectivity index (χ0) is 21.9. The molecule has 2 aromatic carbocycles. The Morgan fingerprint density at radius 1 is 1.10 bits per heavy atom. The fourth-order valence-electron chi connectivity index (χ4n) is 2.31. The SMILES string of the molecule is COC(=O)/C=C/c1ccc(OCC(=O)Nc2ccccc2SCC(N)=O)c(OC)c1. The molecule has 0 aliphatic carbocycles. The molecular weight excluding hydrogens is 408 g/mol. The van der Waals surface area contributed by atoms with Crippen LogP contribution in [0.3, 0.4) is 0 Å². The molecule has 0 atom stereocenters. The average molecular weight is 430 g/mol. The second kappa shape index (κ2) is 11.5. The van der Waals surface area contributed by atoms with E-state index in [2.05, 4.69) is 10.1 Å². The Morgan fingerprint density at radius 3 is 2.57 bits per heavy atom. The predicted octanol–water partition coefficient (Wildman–Crippen LogP) is 2.48. The first-order valence-corrected chi connectivity index (χ1v) is 9.78. The fourth-order valence-corrected chi connectivity index (χ4v) is 3.06. The third-order valence-corrected chi connectivity index (χ3v) is 4.79. The van der Waals surface area contributed by atoms with Crippen molar-refractivity contribution in [2.45, 2.75) is 4.90 Å². The Balaban J connectivity index is 2.00. The minimum atomic E-state index is -0.472. The van der Waals surface area contributed by atoms with Crippen LogP contribution in [0.15, 0.2) is 53.4 Å². The number of hydrogen-bond acceptors (Lipinski definition) is 7. The van der Waals surface area contributed by atoms with E-state index in [1.165, 1.54) is 32.1 Å². The maximum Gasteiger partial charge on any atom is 0.330 e. The first kappa shape index (κ1) is 22.8. The van der Waals surface area contributed by atoms with Crippen LogP contribution >= 0.6 is 11.8 Å². The molecule has 2 amide bonds. The molecule has 30 heavy (non-hydrogen) atoms. The summed E-state index contributed by atoms with van der Waals surface area (Å²) in [6.07, 6.45) is 2.86. The summed E-state index contributed by atoms with van der Waals surface area (Å²) in [6, 6.07) is 12.1. The Bertz CT molecular complexity index is 945. The van der Waals surface area contributed by atoms with Crippen LogP contribution in [0.1, 0.15) is 5.56 Å². The van der Waals surface area contributed by atoms with Gasteiger partial charge in [-0.15, -0.1) is 11.8 Å². The monoisotopic (exact) mass is 430 g/mol. The van der Waals surface area contributed by atoms with Gasteiger partial charge in [0, 0.05) is 11.0 Å². The van der Waals surface area contributed by atoms with E-state index in [-0.39, 0.29) is 18.3 Å². The highest BCUT2D eigenvalue weighted by Crippen LogP contribution is 2.29. The lowest BCUT2D eigenvalue weighted by atomic mass is 10.2. The number of primary amides is 1. The molecule has 3 N–H and O–H groups in total. The van der Waals surface area contributed by atoms with Gasteiger partial charge in [0.25, 0.3) is 5.91 Å². The van der Waals surface area contributed by atoms with Crippen molar-refractivity contribution in [2.24, 2.45) is 5.73 Å². The minimum absolute atomic E-state index is 0.108. The van der Waals surface area contributed by atoms with Gasteiger partial charge in [-0.25, -0.2) is 4.79 Å². The number of carbonyl (C=O) groups is 3. The van der Waals surface area contributed by atoms with Crippen LogP contribution in [-0.4, -0.2) is 44.4 Å². The maximum absolute atomic E-state index is 12.3. The van der Waals surface area contributed by atoms with Crippen molar-refractivity contribution >= 4 is 41.3 Å². The van der Waals surface area contributed by atoms with Crippen LogP contribution in [0.5, 0.6) is 11.5 Å². The van der Waals surface area contributed by atoms with Gasteiger partial charge in [-0.05, 0) is 35.9 Å². The largest absolute Gasteiger partial charge is 0.493 e. The molecule has 0 radical (unpaired) electrons. The van der Waals surface area contributed by atoms with E-state index in [0.717, 1.165) is 4.90 Å². The Hall–Kier alpha value is -3.46. The summed E-state index contributed by atoms with van der Waals surface area (Å²) in [7, 11) is 2.77.